The topological polar surface area (TPSA) is 92.2 Å². The highest BCUT2D eigenvalue weighted by Crippen LogP contribution is 2.25. The number of carbonyl (C=O) groups is 3. The number of anilines is 1. The molecule has 3 rings (SSSR count). The van der Waals surface area contributed by atoms with Crippen LogP contribution in [0.3, 0.4) is 0 Å². The molecular weight excluding hydrogens is 528 g/mol. The molecule has 7 nitrogen and oxygen atoms in total. The van der Waals surface area contributed by atoms with Gasteiger partial charge in [0.25, 0.3) is 5.91 Å². The molecule has 0 atom stereocenters. The summed E-state index contributed by atoms with van der Waals surface area (Å²) in [6.07, 6.45) is 0. The third kappa shape index (κ3) is 5.54. The standard InChI is InChI=1S/C22H22Br2N4O3/c1-12(2)11-25-21(30)22(31)27-28-18-7-5-16(24)9-14(18)10-19(28)20(29)26-17-6-4-15(23)8-13(17)3/h4-10,12H,11H2,1-3H3,(H,25,30)(H,26,29)(H,27,31). The van der Waals surface area contributed by atoms with E-state index in [1.807, 2.05) is 39.0 Å². The predicted molar refractivity (Wildman–Crippen MR) is 129 cm³/mol. The van der Waals surface area contributed by atoms with Crippen molar-refractivity contribution in [2.24, 2.45) is 5.92 Å². The van der Waals surface area contributed by atoms with Crippen LogP contribution in [0, 0.1) is 12.8 Å². The van der Waals surface area contributed by atoms with Gasteiger partial charge < -0.3 is 10.6 Å². The Labute approximate surface area is 196 Å². The Morgan fingerprint density at radius 2 is 1.65 bits per heavy atom. The Morgan fingerprint density at radius 3 is 2.32 bits per heavy atom. The predicted octanol–water partition coefficient (Wildman–Crippen LogP) is 4.57. The third-order valence-electron chi connectivity index (χ3n) is 4.52. The molecule has 3 N–H and O–H groups in total. The number of benzene rings is 2. The van der Waals surface area contributed by atoms with Crippen molar-refractivity contribution in [2.75, 3.05) is 17.3 Å². The second-order valence-corrected chi connectivity index (χ2v) is 9.36. The molecule has 0 bridgehead atoms. The molecule has 1 aromatic heterocycles. The highest BCUT2D eigenvalue weighted by Gasteiger charge is 2.21. The normalized spacial score (nSPS) is 10.9. The fraction of sp³-hybridized carbons (Fsp3) is 0.227. The minimum atomic E-state index is -0.852. The molecule has 0 saturated heterocycles. The molecule has 0 unspecified atom stereocenters. The number of amides is 3. The van der Waals surface area contributed by atoms with Gasteiger partial charge >= 0.3 is 11.8 Å². The fourth-order valence-electron chi connectivity index (χ4n) is 2.96. The first-order valence-corrected chi connectivity index (χ1v) is 11.2. The highest BCUT2D eigenvalue weighted by atomic mass is 79.9. The maximum absolute atomic E-state index is 13.1. The summed E-state index contributed by atoms with van der Waals surface area (Å²) < 4.78 is 3.07. The second kappa shape index (κ2) is 9.65. The van der Waals surface area contributed by atoms with Crippen molar-refractivity contribution in [3.63, 3.8) is 0 Å². The van der Waals surface area contributed by atoms with Crippen LogP contribution < -0.4 is 16.1 Å². The highest BCUT2D eigenvalue weighted by molar-refractivity contribution is 9.10. The van der Waals surface area contributed by atoms with Crippen LogP contribution in [0.5, 0.6) is 0 Å². The number of aryl methyl sites for hydroxylation is 1. The molecule has 0 aliphatic carbocycles. The number of nitrogens with zero attached hydrogens (tertiary/aromatic N) is 1. The molecule has 0 spiro atoms. The van der Waals surface area contributed by atoms with E-state index in [0.717, 1.165) is 19.9 Å². The SMILES string of the molecule is Cc1cc(Br)ccc1NC(=O)c1cc2cc(Br)ccc2n1NC(=O)C(=O)NCC(C)C. The van der Waals surface area contributed by atoms with Gasteiger partial charge in [-0.25, -0.2) is 4.68 Å². The smallest absolute Gasteiger partial charge is 0.328 e. The number of nitrogens with one attached hydrogen (secondary N) is 3. The van der Waals surface area contributed by atoms with Crippen molar-refractivity contribution < 1.29 is 14.4 Å². The number of hydrogen-bond acceptors (Lipinski definition) is 3. The fourth-order valence-corrected chi connectivity index (χ4v) is 3.81. The van der Waals surface area contributed by atoms with Crippen molar-refractivity contribution in [3.8, 4) is 0 Å². The lowest BCUT2D eigenvalue weighted by Crippen LogP contribution is -2.41. The van der Waals surface area contributed by atoms with Gasteiger partial charge in [0.1, 0.15) is 5.69 Å². The number of fused-ring (bicyclic) bond motifs is 1. The maximum Gasteiger partial charge on any atom is 0.328 e. The zero-order valence-electron chi connectivity index (χ0n) is 17.3. The van der Waals surface area contributed by atoms with Crippen molar-refractivity contribution in [1.29, 1.82) is 0 Å². The van der Waals surface area contributed by atoms with Crippen molar-refractivity contribution >= 4 is 66.2 Å². The zero-order chi connectivity index (χ0) is 22.7. The first-order valence-electron chi connectivity index (χ1n) is 9.63. The van der Waals surface area contributed by atoms with Crippen LogP contribution in [0.25, 0.3) is 10.9 Å². The van der Waals surface area contributed by atoms with Gasteiger partial charge in [-0.05, 0) is 60.9 Å². The summed E-state index contributed by atoms with van der Waals surface area (Å²) in [4.78, 5) is 37.7. The number of aromatic nitrogens is 1. The summed E-state index contributed by atoms with van der Waals surface area (Å²) in [5.74, 6) is -1.82. The minimum absolute atomic E-state index is 0.195. The van der Waals surface area contributed by atoms with Crippen molar-refractivity contribution in [2.45, 2.75) is 20.8 Å². The van der Waals surface area contributed by atoms with Gasteiger partial charge in [0.15, 0.2) is 0 Å². The van der Waals surface area contributed by atoms with Crippen LogP contribution in [-0.2, 0) is 9.59 Å². The molecule has 0 aliphatic rings. The Kier molecular flexibility index (Phi) is 7.17. The Morgan fingerprint density at radius 1 is 0.968 bits per heavy atom. The summed E-state index contributed by atoms with van der Waals surface area (Å²) in [6, 6.07) is 12.6. The molecule has 9 heteroatoms. The van der Waals surface area contributed by atoms with Gasteiger partial charge in [0.05, 0.1) is 5.52 Å². The summed E-state index contributed by atoms with van der Waals surface area (Å²) in [5.41, 5.74) is 4.86. The largest absolute Gasteiger partial charge is 0.348 e. The van der Waals surface area contributed by atoms with E-state index in [1.54, 1.807) is 24.3 Å². The number of halogens is 2. The molecule has 3 aromatic rings. The van der Waals surface area contributed by atoms with Crippen LogP contribution in [0.4, 0.5) is 5.69 Å². The monoisotopic (exact) mass is 548 g/mol. The summed E-state index contributed by atoms with van der Waals surface area (Å²) in [6.45, 7) is 6.12. The van der Waals surface area contributed by atoms with Gasteiger partial charge in [0.2, 0.25) is 0 Å². The van der Waals surface area contributed by atoms with E-state index in [9.17, 15) is 14.4 Å². The minimum Gasteiger partial charge on any atom is -0.348 e. The lowest BCUT2D eigenvalue weighted by atomic mass is 10.2. The zero-order valence-corrected chi connectivity index (χ0v) is 20.4. The molecule has 0 saturated carbocycles. The van der Waals surface area contributed by atoms with Crippen LogP contribution in [0.15, 0.2) is 51.4 Å². The van der Waals surface area contributed by atoms with Gasteiger partial charge in [0, 0.05) is 26.6 Å². The number of hydrogen-bond donors (Lipinski definition) is 3. The Bertz CT molecular complexity index is 1170. The van der Waals surface area contributed by atoms with E-state index in [2.05, 4.69) is 47.9 Å². The van der Waals surface area contributed by atoms with Crippen molar-refractivity contribution in [3.05, 3.63) is 62.7 Å². The van der Waals surface area contributed by atoms with Crippen LogP contribution in [0.2, 0.25) is 0 Å². The number of rotatable bonds is 5. The van der Waals surface area contributed by atoms with E-state index in [0.29, 0.717) is 17.7 Å². The first kappa shape index (κ1) is 23.0. The molecule has 0 fully saturated rings. The lowest BCUT2D eigenvalue weighted by Gasteiger charge is -2.14. The van der Waals surface area contributed by atoms with Gasteiger partial charge in [-0.3, -0.25) is 19.8 Å². The van der Waals surface area contributed by atoms with Gasteiger partial charge in [-0.2, -0.15) is 0 Å². The molecule has 1 heterocycles. The number of carbonyl (C=O) groups excluding carboxylic acids is 3. The third-order valence-corrected chi connectivity index (χ3v) is 5.51. The maximum atomic E-state index is 13.1. The van der Waals surface area contributed by atoms with Crippen LogP contribution in [0.1, 0.15) is 29.9 Å². The second-order valence-electron chi connectivity index (χ2n) is 7.53. The molecule has 3 amide bonds. The molecule has 31 heavy (non-hydrogen) atoms. The summed E-state index contributed by atoms with van der Waals surface area (Å²) in [5, 5.41) is 6.18. The molecule has 0 aliphatic heterocycles. The average molecular weight is 550 g/mol. The van der Waals surface area contributed by atoms with E-state index in [-0.39, 0.29) is 11.6 Å². The average Bonchev–Trinajstić information content (AvgIpc) is 3.05. The first-order chi connectivity index (χ1) is 14.7. The lowest BCUT2D eigenvalue weighted by molar-refractivity contribution is -0.136. The Balaban J connectivity index is 1.94. The van der Waals surface area contributed by atoms with Crippen LogP contribution in [-0.4, -0.2) is 28.9 Å². The summed E-state index contributed by atoms with van der Waals surface area (Å²) >= 11 is 6.82. The van der Waals surface area contributed by atoms with Crippen molar-refractivity contribution in [1.82, 2.24) is 9.99 Å². The molecule has 0 radical (unpaired) electrons. The molecular formula is C22H22Br2N4O3. The van der Waals surface area contributed by atoms with Gasteiger partial charge in [-0.15, -0.1) is 0 Å². The van der Waals surface area contributed by atoms with E-state index < -0.39 is 17.7 Å². The molecule has 162 valence electrons. The molecule has 2 aromatic carbocycles. The quantitative estimate of drug-likeness (QED) is 0.407. The Hall–Kier alpha value is -2.65. The van der Waals surface area contributed by atoms with E-state index in [1.165, 1.54) is 4.68 Å². The van der Waals surface area contributed by atoms with E-state index in [4.69, 9.17) is 0 Å². The summed E-state index contributed by atoms with van der Waals surface area (Å²) in [7, 11) is 0. The van der Waals surface area contributed by atoms with E-state index >= 15 is 0 Å². The van der Waals surface area contributed by atoms with Gasteiger partial charge in [-0.1, -0.05) is 45.7 Å². The van der Waals surface area contributed by atoms with Crippen LogP contribution >= 0.6 is 31.9 Å².